The van der Waals surface area contributed by atoms with Gasteiger partial charge in [0.05, 0.1) is 5.25 Å². The van der Waals surface area contributed by atoms with E-state index in [0.29, 0.717) is 11.6 Å². The first-order valence-corrected chi connectivity index (χ1v) is 7.12. The van der Waals surface area contributed by atoms with Gasteiger partial charge in [-0.25, -0.2) is 0 Å². The maximum Gasteiger partial charge on any atom is 0.323 e. The van der Waals surface area contributed by atoms with Gasteiger partial charge in [-0.2, -0.15) is 0 Å². The van der Waals surface area contributed by atoms with E-state index >= 15 is 0 Å². The summed E-state index contributed by atoms with van der Waals surface area (Å²) in [5.74, 6) is -1.18. The summed E-state index contributed by atoms with van der Waals surface area (Å²) in [6.07, 6.45) is 0. The topological polar surface area (TPSA) is 57.6 Å². The van der Waals surface area contributed by atoms with E-state index in [-0.39, 0.29) is 17.7 Å². The molecule has 0 aliphatic carbocycles. The molecular weight excluding hydrogens is 286 g/mol. The minimum Gasteiger partial charge on any atom is -0.480 e. The van der Waals surface area contributed by atoms with Crippen molar-refractivity contribution in [1.82, 2.24) is 4.90 Å². The van der Waals surface area contributed by atoms with E-state index in [0.717, 1.165) is 4.90 Å². The van der Waals surface area contributed by atoms with Crippen LogP contribution in [0.25, 0.3) is 0 Å². The zero-order valence-electron chi connectivity index (χ0n) is 10.8. The Bertz CT molecular complexity index is 450. The van der Waals surface area contributed by atoms with Crippen LogP contribution < -0.4 is 0 Å². The molecule has 0 bridgehead atoms. The molecule has 0 radical (unpaired) electrons. The fourth-order valence-electron chi connectivity index (χ4n) is 1.53. The predicted molar refractivity (Wildman–Crippen MR) is 76.7 cm³/mol. The van der Waals surface area contributed by atoms with Gasteiger partial charge in [-0.1, -0.05) is 11.6 Å². The number of aliphatic carboxylic acids is 1. The van der Waals surface area contributed by atoms with Crippen LogP contribution in [0.15, 0.2) is 29.2 Å². The van der Waals surface area contributed by atoms with E-state index in [9.17, 15) is 9.59 Å². The molecule has 0 aromatic heterocycles. The second-order valence-electron chi connectivity index (χ2n) is 3.96. The zero-order valence-corrected chi connectivity index (χ0v) is 12.4. The summed E-state index contributed by atoms with van der Waals surface area (Å²) in [4.78, 5) is 25.0. The van der Waals surface area contributed by atoms with Crippen LogP contribution in [0, 0.1) is 0 Å². The third kappa shape index (κ3) is 5.12. The maximum absolute atomic E-state index is 12.1. The average molecular weight is 302 g/mol. The molecule has 0 saturated heterocycles. The number of rotatable bonds is 6. The van der Waals surface area contributed by atoms with Gasteiger partial charge >= 0.3 is 5.97 Å². The highest BCUT2D eigenvalue weighted by Crippen LogP contribution is 2.25. The Balaban J connectivity index is 2.65. The minimum atomic E-state index is -1.00. The van der Waals surface area contributed by atoms with Crippen molar-refractivity contribution in [2.75, 3.05) is 13.1 Å². The number of carbonyl (C=O) groups excluding carboxylic acids is 1. The molecule has 1 unspecified atom stereocenters. The van der Waals surface area contributed by atoms with Gasteiger partial charge in [-0.15, -0.1) is 11.8 Å². The van der Waals surface area contributed by atoms with E-state index < -0.39 is 5.97 Å². The molecule has 1 aromatic carbocycles. The lowest BCUT2D eigenvalue weighted by Gasteiger charge is -2.22. The Morgan fingerprint density at radius 1 is 1.37 bits per heavy atom. The first-order chi connectivity index (χ1) is 8.93. The zero-order chi connectivity index (χ0) is 14.4. The Morgan fingerprint density at radius 3 is 2.42 bits per heavy atom. The van der Waals surface area contributed by atoms with E-state index in [2.05, 4.69) is 0 Å². The van der Waals surface area contributed by atoms with Gasteiger partial charge in [0.1, 0.15) is 6.54 Å². The number of carboxylic acid groups (broad SMARTS) is 1. The third-order valence-corrected chi connectivity index (χ3v) is 3.85. The van der Waals surface area contributed by atoms with Gasteiger partial charge in [0.15, 0.2) is 0 Å². The van der Waals surface area contributed by atoms with Crippen LogP contribution in [0.2, 0.25) is 5.02 Å². The number of halogens is 1. The molecule has 1 aromatic rings. The number of carbonyl (C=O) groups is 2. The summed E-state index contributed by atoms with van der Waals surface area (Å²) in [6, 6.07) is 7.19. The van der Waals surface area contributed by atoms with Gasteiger partial charge in [-0.3, -0.25) is 9.59 Å². The maximum atomic E-state index is 12.1. The molecule has 104 valence electrons. The lowest BCUT2D eigenvalue weighted by Crippen LogP contribution is -2.39. The second-order valence-corrected chi connectivity index (χ2v) is 5.81. The van der Waals surface area contributed by atoms with Crippen LogP contribution in [0.3, 0.4) is 0 Å². The van der Waals surface area contributed by atoms with Crippen molar-refractivity contribution in [3.8, 4) is 0 Å². The number of hydrogen-bond acceptors (Lipinski definition) is 3. The van der Waals surface area contributed by atoms with Crippen LogP contribution >= 0.6 is 23.4 Å². The molecule has 0 aliphatic rings. The van der Waals surface area contributed by atoms with E-state index in [4.69, 9.17) is 16.7 Å². The molecule has 0 spiro atoms. The van der Waals surface area contributed by atoms with Crippen molar-refractivity contribution < 1.29 is 14.7 Å². The smallest absolute Gasteiger partial charge is 0.323 e. The monoisotopic (exact) mass is 301 g/mol. The molecule has 0 aliphatic heterocycles. The molecule has 4 nitrogen and oxygen atoms in total. The van der Waals surface area contributed by atoms with Gasteiger partial charge in [-0.05, 0) is 38.1 Å². The van der Waals surface area contributed by atoms with Gasteiger partial charge in [0.25, 0.3) is 0 Å². The number of carboxylic acids is 1. The van der Waals surface area contributed by atoms with Crippen molar-refractivity contribution in [3.63, 3.8) is 0 Å². The van der Waals surface area contributed by atoms with E-state index in [1.54, 1.807) is 26.0 Å². The van der Waals surface area contributed by atoms with Crippen molar-refractivity contribution in [2.24, 2.45) is 0 Å². The largest absolute Gasteiger partial charge is 0.480 e. The standard InChI is InChI=1S/C13H16ClNO3S/c1-3-15(8-12(16)17)13(18)9(2)19-11-6-4-10(14)5-7-11/h4-7,9H,3,8H2,1-2H3,(H,16,17). The summed E-state index contributed by atoms with van der Waals surface area (Å²) >= 11 is 7.18. The molecule has 0 saturated carbocycles. The quantitative estimate of drug-likeness (QED) is 0.821. The number of hydrogen-bond donors (Lipinski definition) is 1. The first kappa shape index (κ1) is 15.9. The third-order valence-electron chi connectivity index (χ3n) is 2.49. The van der Waals surface area contributed by atoms with Crippen LogP contribution in [0.5, 0.6) is 0 Å². The molecule has 1 rings (SSSR count). The van der Waals surface area contributed by atoms with E-state index in [1.807, 2.05) is 12.1 Å². The van der Waals surface area contributed by atoms with Crippen molar-refractivity contribution in [1.29, 1.82) is 0 Å². The summed E-state index contributed by atoms with van der Waals surface area (Å²) in [7, 11) is 0. The molecule has 19 heavy (non-hydrogen) atoms. The molecule has 0 heterocycles. The lowest BCUT2D eigenvalue weighted by molar-refractivity contribution is -0.143. The predicted octanol–water partition coefficient (Wildman–Crippen LogP) is 2.75. The Kier molecular flexibility index (Phi) is 6.18. The molecular formula is C13H16ClNO3S. The van der Waals surface area contributed by atoms with Crippen molar-refractivity contribution in [3.05, 3.63) is 29.3 Å². The molecule has 1 amide bonds. The molecule has 1 atom stereocenters. The number of benzene rings is 1. The Hall–Kier alpha value is -1.20. The summed E-state index contributed by atoms with van der Waals surface area (Å²) in [5, 5.41) is 9.06. The summed E-state index contributed by atoms with van der Waals surface area (Å²) in [6.45, 7) is 3.66. The SMILES string of the molecule is CCN(CC(=O)O)C(=O)C(C)Sc1ccc(Cl)cc1. The number of amides is 1. The number of likely N-dealkylation sites (N-methyl/N-ethyl adjacent to an activating group) is 1. The molecule has 1 N–H and O–H groups in total. The number of thioether (sulfide) groups is 1. The van der Waals surface area contributed by atoms with Crippen LogP contribution in [0.1, 0.15) is 13.8 Å². The summed E-state index contributed by atoms with van der Waals surface area (Å²) < 4.78 is 0. The average Bonchev–Trinajstić information content (AvgIpc) is 2.37. The second kappa shape index (κ2) is 7.40. The Labute approximate surface area is 121 Å². The van der Waals surface area contributed by atoms with Crippen LogP contribution in [-0.4, -0.2) is 40.2 Å². The Morgan fingerprint density at radius 2 is 1.95 bits per heavy atom. The van der Waals surface area contributed by atoms with Crippen LogP contribution in [-0.2, 0) is 9.59 Å². The molecule has 6 heteroatoms. The fraction of sp³-hybridized carbons (Fsp3) is 0.385. The normalized spacial score (nSPS) is 11.9. The molecule has 0 fully saturated rings. The fourth-order valence-corrected chi connectivity index (χ4v) is 2.61. The van der Waals surface area contributed by atoms with E-state index in [1.165, 1.54) is 16.7 Å². The van der Waals surface area contributed by atoms with Crippen LogP contribution in [0.4, 0.5) is 0 Å². The van der Waals surface area contributed by atoms with Gasteiger partial charge in [0, 0.05) is 16.5 Å². The highest BCUT2D eigenvalue weighted by atomic mass is 35.5. The highest BCUT2D eigenvalue weighted by molar-refractivity contribution is 8.00. The van der Waals surface area contributed by atoms with Gasteiger partial charge in [0.2, 0.25) is 5.91 Å². The van der Waals surface area contributed by atoms with Gasteiger partial charge < -0.3 is 10.0 Å². The van der Waals surface area contributed by atoms with Crippen molar-refractivity contribution >= 4 is 35.2 Å². The highest BCUT2D eigenvalue weighted by Gasteiger charge is 2.21. The summed E-state index contributed by atoms with van der Waals surface area (Å²) in [5.41, 5.74) is 0. The first-order valence-electron chi connectivity index (χ1n) is 5.86. The van der Waals surface area contributed by atoms with Crippen molar-refractivity contribution in [2.45, 2.75) is 24.0 Å². The minimum absolute atomic E-state index is 0.176. The number of nitrogens with zero attached hydrogens (tertiary/aromatic N) is 1. The lowest BCUT2D eigenvalue weighted by atomic mass is 10.3.